The van der Waals surface area contributed by atoms with Crippen molar-refractivity contribution in [1.29, 1.82) is 0 Å². The highest BCUT2D eigenvalue weighted by Crippen LogP contribution is 2.13. The van der Waals surface area contributed by atoms with Gasteiger partial charge in [-0.1, -0.05) is 31.2 Å². The Bertz CT molecular complexity index is 673. The van der Waals surface area contributed by atoms with Crippen LogP contribution in [0.1, 0.15) is 28.4 Å². The van der Waals surface area contributed by atoms with E-state index in [0.717, 1.165) is 17.7 Å². The van der Waals surface area contributed by atoms with Gasteiger partial charge in [0.2, 0.25) is 0 Å². The third-order valence-corrected chi connectivity index (χ3v) is 3.25. The summed E-state index contributed by atoms with van der Waals surface area (Å²) in [6, 6.07) is 15.0. The van der Waals surface area contributed by atoms with Crippen molar-refractivity contribution >= 4 is 17.6 Å². The first kappa shape index (κ1) is 15.6. The normalized spacial score (nSPS) is 10.0. The Kier molecular flexibility index (Phi) is 5.14. The molecule has 0 atom stereocenters. The molecule has 5 N–H and O–H groups in total. The number of carbonyl (C=O) groups excluding carboxylic acids is 1. The quantitative estimate of drug-likeness (QED) is 0.583. The Morgan fingerprint density at radius 3 is 2.45 bits per heavy atom. The molecule has 114 valence electrons. The maximum Gasteiger partial charge on any atom is 0.255 e. The van der Waals surface area contributed by atoms with Gasteiger partial charge in [-0.05, 0) is 41.8 Å². The zero-order valence-corrected chi connectivity index (χ0v) is 12.5. The SMILES string of the molecule is CCc1cccc(NC(=O)c2ccc(CN=C(N)N)cc2)c1. The highest BCUT2D eigenvalue weighted by atomic mass is 16.1. The Morgan fingerprint density at radius 2 is 1.82 bits per heavy atom. The first-order chi connectivity index (χ1) is 10.6. The number of hydrogen-bond donors (Lipinski definition) is 3. The molecule has 0 radical (unpaired) electrons. The summed E-state index contributed by atoms with van der Waals surface area (Å²) >= 11 is 0. The second kappa shape index (κ2) is 7.26. The first-order valence-corrected chi connectivity index (χ1v) is 7.13. The molecule has 0 aliphatic carbocycles. The van der Waals surface area contributed by atoms with Gasteiger partial charge in [-0.2, -0.15) is 0 Å². The second-order valence-corrected chi connectivity index (χ2v) is 4.95. The van der Waals surface area contributed by atoms with Crippen molar-refractivity contribution < 1.29 is 4.79 Å². The third kappa shape index (κ3) is 4.34. The molecular formula is C17H20N4O. The van der Waals surface area contributed by atoms with E-state index >= 15 is 0 Å². The Hall–Kier alpha value is -2.82. The number of benzene rings is 2. The van der Waals surface area contributed by atoms with Gasteiger partial charge in [-0.3, -0.25) is 4.79 Å². The molecule has 2 aromatic carbocycles. The molecule has 5 heteroatoms. The van der Waals surface area contributed by atoms with Crippen molar-refractivity contribution in [3.8, 4) is 0 Å². The van der Waals surface area contributed by atoms with E-state index in [-0.39, 0.29) is 11.9 Å². The summed E-state index contributed by atoms with van der Waals surface area (Å²) in [5.74, 6) is -0.0840. The lowest BCUT2D eigenvalue weighted by atomic mass is 10.1. The average Bonchev–Trinajstić information content (AvgIpc) is 2.53. The van der Waals surface area contributed by atoms with E-state index in [1.54, 1.807) is 12.1 Å². The summed E-state index contributed by atoms with van der Waals surface area (Å²) in [5, 5.41) is 2.90. The molecule has 0 saturated carbocycles. The van der Waals surface area contributed by atoms with Crippen LogP contribution in [0, 0.1) is 0 Å². The Balaban J connectivity index is 2.04. The van der Waals surface area contributed by atoms with Crippen molar-refractivity contribution in [2.45, 2.75) is 19.9 Å². The molecule has 0 heterocycles. The molecule has 0 bridgehead atoms. The molecule has 2 aromatic rings. The third-order valence-electron chi connectivity index (χ3n) is 3.25. The van der Waals surface area contributed by atoms with E-state index < -0.39 is 0 Å². The van der Waals surface area contributed by atoms with Gasteiger partial charge >= 0.3 is 0 Å². The fourth-order valence-corrected chi connectivity index (χ4v) is 2.02. The second-order valence-electron chi connectivity index (χ2n) is 4.95. The number of nitrogens with zero attached hydrogens (tertiary/aromatic N) is 1. The largest absolute Gasteiger partial charge is 0.370 e. The van der Waals surface area contributed by atoms with Crippen LogP contribution in [-0.4, -0.2) is 11.9 Å². The van der Waals surface area contributed by atoms with Crippen LogP contribution in [0.4, 0.5) is 5.69 Å². The van der Waals surface area contributed by atoms with E-state index in [1.165, 1.54) is 5.56 Å². The van der Waals surface area contributed by atoms with Gasteiger partial charge in [0.05, 0.1) is 6.54 Å². The van der Waals surface area contributed by atoms with E-state index in [0.29, 0.717) is 12.1 Å². The lowest BCUT2D eigenvalue weighted by molar-refractivity contribution is 0.102. The van der Waals surface area contributed by atoms with Crippen LogP contribution in [0.3, 0.4) is 0 Å². The molecule has 0 fully saturated rings. The van der Waals surface area contributed by atoms with E-state index in [2.05, 4.69) is 17.2 Å². The lowest BCUT2D eigenvalue weighted by Gasteiger charge is -2.07. The summed E-state index contributed by atoms with van der Waals surface area (Å²) < 4.78 is 0. The number of aliphatic imine (C=N–C) groups is 1. The predicted molar refractivity (Wildman–Crippen MR) is 89.7 cm³/mol. The van der Waals surface area contributed by atoms with Crippen molar-refractivity contribution in [2.24, 2.45) is 16.5 Å². The van der Waals surface area contributed by atoms with Gasteiger partial charge in [0, 0.05) is 11.3 Å². The maximum absolute atomic E-state index is 12.2. The number of nitrogens with two attached hydrogens (primary N) is 2. The van der Waals surface area contributed by atoms with Crippen LogP contribution in [0.2, 0.25) is 0 Å². The number of hydrogen-bond acceptors (Lipinski definition) is 2. The molecule has 0 saturated heterocycles. The smallest absolute Gasteiger partial charge is 0.255 e. The van der Waals surface area contributed by atoms with E-state index in [4.69, 9.17) is 11.5 Å². The van der Waals surface area contributed by atoms with Gasteiger partial charge in [-0.15, -0.1) is 0 Å². The van der Waals surface area contributed by atoms with Crippen LogP contribution >= 0.6 is 0 Å². The van der Waals surface area contributed by atoms with Crippen molar-refractivity contribution in [1.82, 2.24) is 0 Å². The summed E-state index contributed by atoms with van der Waals surface area (Å²) in [7, 11) is 0. The highest BCUT2D eigenvalue weighted by Gasteiger charge is 2.06. The number of rotatable bonds is 5. The van der Waals surface area contributed by atoms with Crippen molar-refractivity contribution in [3.05, 3.63) is 65.2 Å². The van der Waals surface area contributed by atoms with Gasteiger partial charge in [0.25, 0.3) is 5.91 Å². The molecule has 1 amide bonds. The molecule has 0 aromatic heterocycles. The van der Waals surface area contributed by atoms with Gasteiger partial charge in [0.15, 0.2) is 5.96 Å². The minimum Gasteiger partial charge on any atom is -0.370 e. The zero-order chi connectivity index (χ0) is 15.9. The number of nitrogens with one attached hydrogen (secondary N) is 1. The number of anilines is 1. The van der Waals surface area contributed by atoms with Crippen LogP contribution in [-0.2, 0) is 13.0 Å². The lowest BCUT2D eigenvalue weighted by Crippen LogP contribution is -2.22. The molecular weight excluding hydrogens is 276 g/mol. The number of guanidine groups is 1. The molecule has 22 heavy (non-hydrogen) atoms. The number of carbonyl (C=O) groups is 1. The number of aryl methyl sites for hydroxylation is 1. The monoisotopic (exact) mass is 296 g/mol. The Morgan fingerprint density at radius 1 is 1.09 bits per heavy atom. The topological polar surface area (TPSA) is 93.5 Å². The maximum atomic E-state index is 12.2. The molecule has 0 spiro atoms. The molecule has 0 aliphatic rings. The average molecular weight is 296 g/mol. The molecule has 0 aliphatic heterocycles. The summed E-state index contributed by atoms with van der Waals surface area (Å²) in [4.78, 5) is 16.1. The molecule has 2 rings (SSSR count). The van der Waals surface area contributed by atoms with Gasteiger partial charge < -0.3 is 16.8 Å². The van der Waals surface area contributed by atoms with Crippen molar-refractivity contribution in [3.63, 3.8) is 0 Å². The molecule has 5 nitrogen and oxygen atoms in total. The van der Waals surface area contributed by atoms with E-state index in [1.807, 2.05) is 36.4 Å². The van der Waals surface area contributed by atoms with Crippen LogP contribution in [0.5, 0.6) is 0 Å². The highest BCUT2D eigenvalue weighted by molar-refractivity contribution is 6.04. The van der Waals surface area contributed by atoms with Gasteiger partial charge in [0.1, 0.15) is 0 Å². The van der Waals surface area contributed by atoms with Crippen LogP contribution in [0.25, 0.3) is 0 Å². The molecule has 0 unspecified atom stereocenters. The minimum atomic E-state index is -0.137. The standard InChI is InChI=1S/C17H20N4O/c1-2-12-4-3-5-15(10-12)21-16(22)14-8-6-13(7-9-14)11-20-17(18)19/h3-10H,2,11H2,1H3,(H,21,22)(H4,18,19,20). The summed E-state index contributed by atoms with van der Waals surface area (Å²) in [5.41, 5.74) is 14.1. The zero-order valence-electron chi connectivity index (χ0n) is 12.5. The van der Waals surface area contributed by atoms with Crippen LogP contribution in [0.15, 0.2) is 53.5 Å². The van der Waals surface area contributed by atoms with Crippen LogP contribution < -0.4 is 16.8 Å². The summed E-state index contributed by atoms with van der Waals surface area (Å²) in [6.07, 6.45) is 0.934. The van der Waals surface area contributed by atoms with Crippen molar-refractivity contribution in [2.75, 3.05) is 5.32 Å². The minimum absolute atomic E-state index is 0.0534. The van der Waals surface area contributed by atoms with Gasteiger partial charge in [-0.25, -0.2) is 4.99 Å². The summed E-state index contributed by atoms with van der Waals surface area (Å²) in [6.45, 7) is 2.49. The van der Waals surface area contributed by atoms with E-state index in [9.17, 15) is 4.79 Å². The Labute approximate surface area is 130 Å². The first-order valence-electron chi connectivity index (χ1n) is 7.13. The number of amides is 1. The fourth-order valence-electron chi connectivity index (χ4n) is 2.02. The predicted octanol–water partition coefficient (Wildman–Crippen LogP) is 2.27. The fraction of sp³-hybridized carbons (Fsp3) is 0.176.